The summed E-state index contributed by atoms with van der Waals surface area (Å²) in [5.41, 5.74) is 1.02. The molecule has 1 saturated heterocycles. The quantitative estimate of drug-likeness (QED) is 0.700. The van der Waals surface area contributed by atoms with Crippen LogP contribution in [0.4, 0.5) is 0 Å². The van der Waals surface area contributed by atoms with E-state index >= 15 is 0 Å². The molecule has 0 aliphatic carbocycles. The summed E-state index contributed by atoms with van der Waals surface area (Å²) in [6.07, 6.45) is 3.07. The van der Waals surface area contributed by atoms with Gasteiger partial charge in [0.25, 0.3) is 5.91 Å². The van der Waals surface area contributed by atoms with Crippen LogP contribution in [0.1, 0.15) is 29.9 Å². The van der Waals surface area contributed by atoms with E-state index < -0.39 is 0 Å². The molecule has 3 aromatic heterocycles. The van der Waals surface area contributed by atoms with E-state index in [1.807, 2.05) is 22.0 Å². The van der Waals surface area contributed by atoms with Crippen LogP contribution < -0.4 is 5.32 Å². The molecule has 0 radical (unpaired) electrons. The van der Waals surface area contributed by atoms with Gasteiger partial charge in [-0.2, -0.15) is 0 Å². The third-order valence-electron chi connectivity index (χ3n) is 4.77. The largest absolute Gasteiger partial charge is 0.379 e. The maximum atomic E-state index is 12.7. The number of hydrogen-bond donors (Lipinski definition) is 1. The molecule has 1 atom stereocenters. The molecular formula is C18H24N4O2S2. The van der Waals surface area contributed by atoms with Gasteiger partial charge in [0.2, 0.25) is 0 Å². The van der Waals surface area contributed by atoms with E-state index in [4.69, 9.17) is 4.74 Å². The number of aromatic nitrogens is 2. The molecule has 8 heteroatoms. The van der Waals surface area contributed by atoms with E-state index in [0.29, 0.717) is 18.5 Å². The number of amides is 1. The SMILES string of the molecule is CC(C)CC(CNC(=O)c1cc2c(nc3sccn32)s1)N1CCOCC1. The Labute approximate surface area is 160 Å². The number of imidazole rings is 1. The van der Waals surface area contributed by atoms with Crippen LogP contribution in [-0.4, -0.2) is 59.1 Å². The average molecular weight is 393 g/mol. The van der Waals surface area contributed by atoms with Gasteiger partial charge in [-0.1, -0.05) is 13.8 Å². The van der Waals surface area contributed by atoms with Crippen molar-refractivity contribution in [3.05, 3.63) is 22.5 Å². The van der Waals surface area contributed by atoms with Crippen molar-refractivity contribution < 1.29 is 9.53 Å². The van der Waals surface area contributed by atoms with E-state index in [1.165, 1.54) is 11.3 Å². The summed E-state index contributed by atoms with van der Waals surface area (Å²) in [4.78, 5) is 22.3. The zero-order valence-corrected chi connectivity index (χ0v) is 16.7. The number of thiophene rings is 1. The summed E-state index contributed by atoms with van der Waals surface area (Å²) in [5, 5.41) is 5.16. The second kappa shape index (κ2) is 7.64. The predicted molar refractivity (Wildman–Crippen MR) is 106 cm³/mol. The van der Waals surface area contributed by atoms with E-state index in [1.54, 1.807) is 11.3 Å². The molecule has 6 nitrogen and oxygen atoms in total. The van der Waals surface area contributed by atoms with Crippen molar-refractivity contribution in [3.63, 3.8) is 0 Å². The number of nitrogens with zero attached hydrogens (tertiary/aromatic N) is 3. The first kappa shape index (κ1) is 17.9. The Balaban J connectivity index is 1.44. The third-order valence-corrected chi connectivity index (χ3v) is 6.54. The van der Waals surface area contributed by atoms with E-state index in [9.17, 15) is 4.79 Å². The Morgan fingerprint density at radius 2 is 2.19 bits per heavy atom. The van der Waals surface area contributed by atoms with Gasteiger partial charge in [-0.15, -0.1) is 22.7 Å². The van der Waals surface area contributed by atoms with Crippen LogP contribution in [0.2, 0.25) is 0 Å². The Morgan fingerprint density at radius 1 is 1.38 bits per heavy atom. The second-order valence-corrected chi connectivity index (χ2v) is 9.01. The summed E-state index contributed by atoms with van der Waals surface area (Å²) >= 11 is 3.08. The zero-order chi connectivity index (χ0) is 18.1. The van der Waals surface area contributed by atoms with Gasteiger partial charge in [-0.25, -0.2) is 4.98 Å². The molecule has 1 fully saturated rings. The van der Waals surface area contributed by atoms with Crippen LogP contribution in [0.15, 0.2) is 17.6 Å². The lowest BCUT2D eigenvalue weighted by Gasteiger charge is -2.35. The molecule has 26 heavy (non-hydrogen) atoms. The summed E-state index contributed by atoms with van der Waals surface area (Å²) < 4.78 is 7.51. The van der Waals surface area contributed by atoms with Crippen molar-refractivity contribution in [2.24, 2.45) is 5.92 Å². The molecule has 1 aliphatic heterocycles. The van der Waals surface area contributed by atoms with Gasteiger partial charge in [0.15, 0.2) is 4.96 Å². The minimum Gasteiger partial charge on any atom is -0.379 e. The molecule has 1 N–H and O–H groups in total. The van der Waals surface area contributed by atoms with Crippen LogP contribution in [0.3, 0.4) is 0 Å². The number of carbonyl (C=O) groups excluding carboxylic acids is 1. The highest BCUT2D eigenvalue weighted by Gasteiger charge is 2.23. The fourth-order valence-corrected chi connectivity index (χ4v) is 5.22. The Kier molecular flexibility index (Phi) is 5.26. The van der Waals surface area contributed by atoms with Crippen molar-refractivity contribution in [2.75, 3.05) is 32.8 Å². The fraction of sp³-hybridized carbons (Fsp3) is 0.556. The smallest absolute Gasteiger partial charge is 0.261 e. The highest BCUT2D eigenvalue weighted by Crippen LogP contribution is 2.28. The fourth-order valence-electron chi connectivity index (χ4n) is 3.51. The van der Waals surface area contributed by atoms with Crippen molar-refractivity contribution in [3.8, 4) is 0 Å². The number of thiazole rings is 1. The molecule has 1 amide bonds. The highest BCUT2D eigenvalue weighted by molar-refractivity contribution is 7.21. The van der Waals surface area contributed by atoms with Crippen molar-refractivity contribution in [1.82, 2.24) is 19.6 Å². The number of nitrogens with one attached hydrogen (secondary N) is 1. The first-order valence-corrected chi connectivity index (χ1v) is 10.8. The summed E-state index contributed by atoms with van der Waals surface area (Å²) in [7, 11) is 0. The molecule has 0 aromatic carbocycles. The number of hydrogen-bond acceptors (Lipinski definition) is 6. The van der Waals surface area contributed by atoms with E-state index in [0.717, 1.165) is 52.9 Å². The molecule has 4 rings (SSSR count). The van der Waals surface area contributed by atoms with Crippen LogP contribution in [0.5, 0.6) is 0 Å². The number of morpholine rings is 1. The van der Waals surface area contributed by atoms with Crippen molar-refractivity contribution in [1.29, 1.82) is 0 Å². The minimum absolute atomic E-state index is 0.000930. The Morgan fingerprint density at radius 3 is 2.96 bits per heavy atom. The predicted octanol–water partition coefficient (Wildman–Crippen LogP) is 3.09. The van der Waals surface area contributed by atoms with E-state index in [-0.39, 0.29) is 5.91 Å². The number of fused-ring (bicyclic) bond motifs is 3. The summed E-state index contributed by atoms with van der Waals surface area (Å²) in [6, 6.07) is 2.31. The Bertz CT molecular complexity index is 892. The van der Waals surface area contributed by atoms with Crippen LogP contribution in [-0.2, 0) is 4.74 Å². The third kappa shape index (κ3) is 3.64. The lowest BCUT2D eigenvalue weighted by atomic mass is 10.0. The molecule has 0 spiro atoms. The molecular weight excluding hydrogens is 368 g/mol. The molecule has 3 aromatic rings. The monoisotopic (exact) mass is 392 g/mol. The molecule has 140 valence electrons. The summed E-state index contributed by atoms with van der Waals surface area (Å²) in [5.74, 6) is 0.594. The first-order valence-electron chi connectivity index (χ1n) is 9.07. The van der Waals surface area contributed by atoms with Gasteiger partial charge in [0.05, 0.1) is 23.6 Å². The first-order chi connectivity index (χ1) is 12.6. The van der Waals surface area contributed by atoms with Crippen LogP contribution in [0.25, 0.3) is 15.3 Å². The minimum atomic E-state index is -0.000930. The van der Waals surface area contributed by atoms with Gasteiger partial charge in [-0.3, -0.25) is 14.1 Å². The number of rotatable bonds is 6. The van der Waals surface area contributed by atoms with Crippen LogP contribution in [0, 0.1) is 5.92 Å². The van der Waals surface area contributed by atoms with Gasteiger partial charge in [0.1, 0.15) is 4.83 Å². The highest BCUT2D eigenvalue weighted by atomic mass is 32.1. The molecule has 0 saturated carbocycles. The van der Waals surface area contributed by atoms with E-state index in [2.05, 4.69) is 29.0 Å². The number of ether oxygens (including phenoxy) is 1. The topological polar surface area (TPSA) is 58.9 Å². The van der Waals surface area contributed by atoms with Crippen LogP contribution >= 0.6 is 22.7 Å². The standard InChI is InChI=1S/C18H24N4O2S2/c1-12(2)9-13(21-3-6-24-7-4-21)11-19-16(23)15-10-14-17(26-15)20-18-22(14)5-8-25-18/h5,8,10,12-13H,3-4,6-7,9,11H2,1-2H3,(H,19,23). The molecule has 1 aliphatic rings. The molecule has 1 unspecified atom stereocenters. The lowest BCUT2D eigenvalue weighted by Crippen LogP contribution is -2.49. The average Bonchev–Trinajstić information content (AvgIpc) is 3.30. The normalized spacial score (nSPS) is 17.3. The molecule has 0 bridgehead atoms. The van der Waals surface area contributed by atoms with Gasteiger partial charge >= 0.3 is 0 Å². The van der Waals surface area contributed by atoms with Crippen molar-refractivity contribution >= 4 is 43.9 Å². The zero-order valence-electron chi connectivity index (χ0n) is 15.1. The Hall–Kier alpha value is -1.48. The van der Waals surface area contributed by atoms with Gasteiger partial charge < -0.3 is 10.1 Å². The molecule has 4 heterocycles. The number of carbonyl (C=O) groups is 1. The summed E-state index contributed by atoms with van der Waals surface area (Å²) in [6.45, 7) is 8.58. The van der Waals surface area contributed by atoms with Gasteiger partial charge in [0, 0.05) is 37.3 Å². The van der Waals surface area contributed by atoms with Gasteiger partial charge in [-0.05, 0) is 18.4 Å². The lowest BCUT2D eigenvalue weighted by molar-refractivity contribution is 0.0125. The maximum absolute atomic E-state index is 12.7. The maximum Gasteiger partial charge on any atom is 0.261 e. The second-order valence-electron chi connectivity index (χ2n) is 7.11. The van der Waals surface area contributed by atoms with Crippen molar-refractivity contribution in [2.45, 2.75) is 26.3 Å².